The summed E-state index contributed by atoms with van der Waals surface area (Å²) in [5.41, 5.74) is 2.29. The van der Waals surface area contributed by atoms with Gasteiger partial charge in [0.15, 0.2) is 5.82 Å². The van der Waals surface area contributed by atoms with E-state index in [2.05, 4.69) is 25.6 Å². The first kappa shape index (κ1) is 15.0. The summed E-state index contributed by atoms with van der Waals surface area (Å²) in [6.45, 7) is 4.49. The maximum Gasteiger partial charge on any atom is 0.272 e. The molecule has 0 atom stereocenters. The van der Waals surface area contributed by atoms with Crippen LogP contribution in [0.3, 0.4) is 0 Å². The quantitative estimate of drug-likeness (QED) is 0.755. The molecule has 0 fully saturated rings. The smallest absolute Gasteiger partial charge is 0.272 e. The van der Waals surface area contributed by atoms with E-state index in [1.54, 1.807) is 23.1 Å². The zero-order valence-electron chi connectivity index (χ0n) is 13.0. The van der Waals surface area contributed by atoms with E-state index in [0.717, 1.165) is 11.3 Å². The molecule has 1 amide bonds. The molecule has 0 aliphatic rings. The van der Waals surface area contributed by atoms with Crippen molar-refractivity contribution in [1.82, 2.24) is 30.3 Å². The van der Waals surface area contributed by atoms with Crippen LogP contribution in [0.25, 0.3) is 5.82 Å². The van der Waals surface area contributed by atoms with Crippen molar-refractivity contribution in [1.29, 1.82) is 0 Å². The number of nitrogens with one attached hydrogen (secondary N) is 2. The Morgan fingerprint density at radius 1 is 1.35 bits per heavy atom. The fourth-order valence-electron chi connectivity index (χ4n) is 2.12. The number of hydrogen-bond donors (Lipinski definition) is 2. The Morgan fingerprint density at radius 3 is 2.91 bits per heavy atom. The second-order valence-electron chi connectivity index (χ2n) is 5.52. The molecule has 0 saturated carbocycles. The molecular weight excluding hydrogens is 292 g/mol. The number of aromatic nitrogens is 5. The van der Waals surface area contributed by atoms with Gasteiger partial charge in [-0.15, -0.1) is 0 Å². The fraction of sp³-hybridized carbons (Fsp3) is 0.250. The number of carbonyl (C=O) groups excluding carboxylic acids is 1. The number of nitrogens with zero attached hydrogens (tertiary/aromatic N) is 4. The minimum absolute atomic E-state index is 0.203. The normalized spacial score (nSPS) is 10.9. The van der Waals surface area contributed by atoms with Crippen molar-refractivity contribution < 1.29 is 4.79 Å². The van der Waals surface area contributed by atoms with Gasteiger partial charge in [-0.2, -0.15) is 10.2 Å². The largest absolute Gasteiger partial charge is 0.347 e. The van der Waals surface area contributed by atoms with Crippen molar-refractivity contribution in [3.05, 3.63) is 59.8 Å². The highest BCUT2D eigenvalue weighted by Gasteiger charge is 2.12. The predicted molar refractivity (Wildman–Crippen MR) is 85.2 cm³/mol. The molecule has 3 rings (SSSR count). The maximum atomic E-state index is 12.1. The summed E-state index contributed by atoms with van der Waals surface area (Å²) in [6, 6.07) is 7.36. The topological polar surface area (TPSA) is 88.5 Å². The van der Waals surface area contributed by atoms with E-state index >= 15 is 0 Å². The van der Waals surface area contributed by atoms with E-state index < -0.39 is 0 Å². The Balaban J connectivity index is 1.66. The summed E-state index contributed by atoms with van der Waals surface area (Å²) >= 11 is 0. The van der Waals surface area contributed by atoms with E-state index in [1.165, 1.54) is 0 Å². The van der Waals surface area contributed by atoms with Gasteiger partial charge in [-0.1, -0.05) is 13.8 Å². The van der Waals surface area contributed by atoms with Gasteiger partial charge in [0, 0.05) is 30.8 Å². The van der Waals surface area contributed by atoms with Gasteiger partial charge in [-0.25, -0.2) is 9.67 Å². The molecule has 0 radical (unpaired) electrons. The zero-order chi connectivity index (χ0) is 16.2. The third kappa shape index (κ3) is 3.45. The first-order valence-electron chi connectivity index (χ1n) is 7.42. The summed E-state index contributed by atoms with van der Waals surface area (Å²) in [5.74, 6) is 0.815. The molecule has 3 heterocycles. The molecular formula is C16H18N6O. The summed E-state index contributed by atoms with van der Waals surface area (Å²) in [7, 11) is 0. The minimum Gasteiger partial charge on any atom is -0.347 e. The van der Waals surface area contributed by atoms with Crippen LogP contribution in [0.2, 0.25) is 0 Å². The maximum absolute atomic E-state index is 12.1. The first-order valence-corrected chi connectivity index (χ1v) is 7.42. The number of carbonyl (C=O) groups is 1. The Bertz CT molecular complexity index is 791. The van der Waals surface area contributed by atoms with Gasteiger partial charge in [0.2, 0.25) is 0 Å². The van der Waals surface area contributed by atoms with E-state index in [1.807, 2.05) is 38.2 Å². The molecule has 3 aromatic heterocycles. The van der Waals surface area contributed by atoms with Crippen LogP contribution < -0.4 is 5.32 Å². The standard InChI is InChI=1S/C16H18N6O/c1-11(2)13-9-14(21-20-13)16(23)18-10-12-4-6-17-15(8-12)22-7-3-5-19-22/h3-9,11H,10H2,1-2H3,(H,18,23)(H,20,21). The fourth-order valence-corrected chi connectivity index (χ4v) is 2.12. The lowest BCUT2D eigenvalue weighted by atomic mass is 10.1. The number of hydrogen-bond acceptors (Lipinski definition) is 4. The van der Waals surface area contributed by atoms with E-state index in [4.69, 9.17) is 0 Å². The first-order chi connectivity index (χ1) is 11.1. The molecule has 0 bridgehead atoms. The molecule has 0 aliphatic carbocycles. The highest BCUT2D eigenvalue weighted by Crippen LogP contribution is 2.12. The summed E-state index contributed by atoms with van der Waals surface area (Å²) < 4.78 is 1.67. The molecule has 7 heteroatoms. The van der Waals surface area contributed by atoms with Crippen molar-refractivity contribution in [2.45, 2.75) is 26.3 Å². The zero-order valence-corrected chi connectivity index (χ0v) is 13.0. The van der Waals surface area contributed by atoms with Crippen LogP contribution in [0.1, 0.15) is 41.5 Å². The monoisotopic (exact) mass is 310 g/mol. The Kier molecular flexibility index (Phi) is 4.18. The Morgan fingerprint density at radius 2 is 2.22 bits per heavy atom. The van der Waals surface area contributed by atoms with Gasteiger partial charge in [-0.05, 0) is 35.7 Å². The van der Waals surface area contributed by atoms with Crippen LogP contribution in [0, 0.1) is 0 Å². The lowest BCUT2D eigenvalue weighted by molar-refractivity contribution is 0.0946. The van der Waals surface area contributed by atoms with Gasteiger partial charge >= 0.3 is 0 Å². The summed E-state index contributed by atoms with van der Waals surface area (Å²) in [4.78, 5) is 16.4. The molecule has 0 saturated heterocycles. The van der Waals surface area contributed by atoms with Crippen molar-refractivity contribution in [2.24, 2.45) is 0 Å². The number of H-pyrrole nitrogens is 1. The van der Waals surface area contributed by atoms with Crippen molar-refractivity contribution in [3.63, 3.8) is 0 Å². The summed E-state index contributed by atoms with van der Waals surface area (Å²) in [6.07, 6.45) is 5.21. The van der Waals surface area contributed by atoms with Crippen LogP contribution in [-0.4, -0.2) is 30.9 Å². The molecule has 0 aromatic carbocycles. The number of pyridine rings is 1. The average molecular weight is 310 g/mol. The van der Waals surface area contributed by atoms with Crippen LogP contribution in [0.15, 0.2) is 42.9 Å². The SMILES string of the molecule is CC(C)c1cc(C(=O)NCc2ccnc(-n3cccn3)c2)n[nH]1. The van der Waals surface area contributed by atoms with Crippen LogP contribution in [0.4, 0.5) is 0 Å². The van der Waals surface area contributed by atoms with E-state index in [0.29, 0.717) is 24.0 Å². The third-order valence-corrected chi connectivity index (χ3v) is 3.45. The molecule has 3 aromatic rings. The Labute approximate surface area is 133 Å². The third-order valence-electron chi connectivity index (χ3n) is 3.45. The van der Waals surface area contributed by atoms with Gasteiger partial charge < -0.3 is 5.32 Å². The van der Waals surface area contributed by atoms with Gasteiger partial charge in [0.25, 0.3) is 5.91 Å². The van der Waals surface area contributed by atoms with Gasteiger partial charge in [0.05, 0.1) is 0 Å². The number of rotatable bonds is 5. The van der Waals surface area contributed by atoms with E-state index in [-0.39, 0.29) is 5.91 Å². The van der Waals surface area contributed by atoms with Crippen molar-refractivity contribution >= 4 is 5.91 Å². The minimum atomic E-state index is -0.203. The second kappa shape index (κ2) is 6.43. The van der Waals surface area contributed by atoms with Crippen LogP contribution in [-0.2, 0) is 6.54 Å². The molecule has 2 N–H and O–H groups in total. The summed E-state index contributed by atoms with van der Waals surface area (Å²) in [5, 5.41) is 13.9. The lowest BCUT2D eigenvalue weighted by Gasteiger charge is -2.06. The molecule has 118 valence electrons. The van der Waals surface area contributed by atoms with Gasteiger partial charge in [0.1, 0.15) is 5.69 Å². The molecule has 23 heavy (non-hydrogen) atoms. The van der Waals surface area contributed by atoms with Crippen molar-refractivity contribution in [3.8, 4) is 5.82 Å². The van der Waals surface area contributed by atoms with Crippen molar-refractivity contribution in [2.75, 3.05) is 0 Å². The molecule has 0 spiro atoms. The highest BCUT2D eigenvalue weighted by molar-refractivity contribution is 5.92. The molecule has 0 aliphatic heterocycles. The van der Waals surface area contributed by atoms with Gasteiger partial charge in [-0.3, -0.25) is 9.89 Å². The van der Waals surface area contributed by atoms with E-state index in [9.17, 15) is 4.79 Å². The number of aromatic amines is 1. The Hall–Kier alpha value is -2.96. The molecule has 0 unspecified atom stereocenters. The lowest BCUT2D eigenvalue weighted by Crippen LogP contribution is -2.23. The molecule has 7 nitrogen and oxygen atoms in total. The average Bonchev–Trinajstić information content (AvgIpc) is 3.24. The van der Waals surface area contributed by atoms with Crippen LogP contribution in [0.5, 0.6) is 0 Å². The second-order valence-corrected chi connectivity index (χ2v) is 5.52. The van der Waals surface area contributed by atoms with Crippen LogP contribution >= 0.6 is 0 Å². The number of amides is 1. The highest BCUT2D eigenvalue weighted by atomic mass is 16.1. The predicted octanol–water partition coefficient (Wildman–Crippen LogP) is 2.04.